The molecule has 0 aliphatic rings. The summed E-state index contributed by atoms with van der Waals surface area (Å²) in [6.45, 7) is 1.55. The first kappa shape index (κ1) is 6.58. The van der Waals surface area contributed by atoms with Crippen molar-refractivity contribution in [3.8, 4) is 0 Å². The Morgan fingerprint density at radius 1 is 2.00 bits per heavy atom. The van der Waals surface area contributed by atoms with Gasteiger partial charge >= 0.3 is 0 Å². The topological polar surface area (TPSA) is 61.7 Å². The second-order valence-electron chi connectivity index (χ2n) is 0.642. The largest absolute Gasteiger partial charge is 0.738 e. The Morgan fingerprint density at radius 2 is 2.57 bits per heavy atom. The summed E-state index contributed by atoms with van der Waals surface area (Å²) in [5, 5.41) is 2.93. The summed E-state index contributed by atoms with van der Waals surface area (Å²) < 4.78 is 22.5. The molecule has 0 saturated carbocycles. The molecule has 0 fully saturated rings. The second kappa shape index (κ2) is 3.76. The van der Waals surface area contributed by atoms with Gasteiger partial charge in [-0.2, -0.15) is 0 Å². The first-order valence-corrected chi connectivity index (χ1v) is 2.52. The van der Waals surface area contributed by atoms with E-state index in [1.165, 1.54) is 6.21 Å². The van der Waals surface area contributed by atoms with Gasteiger partial charge in [0.1, 0.15) is 0 Å². The predicted octanol–water partition coefficient (Wildman–Crippen LogP) is -0.197. The van der Waals surface area contributed by atoms with Crippen LogP contribution in [0.4, 0.5) is 0 Å². The van der Waals surface area contributed by atoms with Gasteiger partial charge in [0.15, 0.2) is 11.4 Å². The molecule has 0 N–H and O–H groups in total. The van der Waals surface area contributed by atoms with E-state index in [1.54, 1.807) is 6.92 Å². The summed E-state index contributed by atoms with van der Waals surface area (Å²) in [4.78, 5) is 0. The average Bonchev–Trinajstić information content (AvgIpc) is 1.61. The lowest BCUT2D eigenvalue weighted by Crippen LogP contribution is -1.85. The molecule has 0 saturated heterocycles. The summed E-state index contributed by atoms with van der Waals surface area (Å²) in [5.74, 6) is 0. The van der Waals surface area contributed by atoms with E-state index < -0.39 is 11.4 Å². The standard InChI is InChI=1S/C2H5NO3S/c1-2-3-6-7(4)5/h2H,1H3,(H,4,5)/p-1. The van der Waals surface area contributed by atoms with Crippen LogP contribution in [0.2, 0.25) is 0 Å². The van der Waals surface area contributed by atoms with E-state index in [1.807, 2.05) is 0 Å². The van der Waals surface area contributed by atoms with Gasteiger partial charge in [-0.05, 0) is 6.92 Å². The first-order valence-electron chi connectivity index (χ1n) is 1.52. The van der Waals surface area contributed by atoms with Crippen molar-refractivity contribution in [3.05, 3.63) is 0 Å². The van der Waals surface area contributed by atoms with Crippen molar-refractivity contribution in [1.82, 2.24) is 0 Å². The molecule has 7 heavy (non-hydrogen) atoms. The summed E-state index contributed by atoms with van der Waals surface area (Å²) in [6.07, 6.45) is 1.23. The Bertz CT molecular complexity index is 90.9. The molecule has 0 rings (SSSR count). The van der Waals surface area contributed by atoms with Crippen LogP contribution in [0.25, 0.3) is 0 Å². The van der Waals surface area contributed by atoms with Gasteiger partial charge in [0.25, 0.3) is 0 Å². The highest BCUT2D eigenvalue weighted by Crippen LogP contribution is 1.75. The van der Waals surface area contributed by atoms with E-state index in [4.69, 9.17) is 0 Å². The smallest absolute Gasteiger partial charge is 0.169 e. The maximum atomic E-state index is 9.42. The summed E-state index contributed by atoms with van der Waals surface area (Å²) in [7, 11) is 0. The Balaban J connectivity index is 3.14. The fraction of sp³-hybridized carbons (Fsp3) is 0.500. The minimum absolute atomic E-state index is 1.23. The molecular formula is C2H4NO3S-. The molecule has 1 atom stereocenters. The van der Waals surface area contributed by atoms with Gasteiger partial charge in [0, 0.05) is 6.21 Å². The molecule has 0 amide bonds. The predicted molar refractivity (Wildman–Crippen MR) is 24.2 cm³/mol. The number of nitrogens with zero attached hydrogens (tertiary/aromatic N) is 1. The van der Waals surface area contributed by atoms with Gasteiger partial charge in [-0.1, -0.05) is 5.16 Å². The lowest BCUT2D eigenvalue weighted by atomic mass is 10.9. The van der Waals surface area contributed by atoms with Crippen LogP contribution in [0.1, 0.15) is 6.92 Å². The van der Waals surface area contributed by atoms with Gasteiger partial charge in [0.2, 0.25) is 0 Å². The summed E-state index contributed by atoms with van der Waals surface area (Å²) >= 11 is -2.51. The van der Waals surface area contributed by atoms with Crippen molar-refractivity contribution >= 4 is 17.6 Å². The van der Waals surface area contributed by atoms with Crippen LogP contribution in [0.15, 0.2) is 5.16 Å². The molecule has 0 aliphatic carbocycles. The molecule has 0 aromatic carbocycles. The van der Waals surface area contributed by atoms with Crippen LogP contribution < -0.4 is 0 Å². The fourth-order valence-electron chi connectivity index (χ4n) is 0.0782. The highest BCUT2D eigenvalue weighted by Gasteiger charge is 1.68. The van der Waals surface area contributed by atoms with Crippen molar-refractivity contribution in [1.29, 1.82) is 0 Å². The summed E-state index contributed by atoms with van der Waals surface area (Å²) in [6, 6.07) is 0. The van der Waals surface area contributed by atoms with E-state index in [9.17, 15) is 8.76 Å². The van der Waals surface area contributed by atoms with Crippen molar-refractivity contribution in [2.45, 2.75) is 6.92 Å². The lowest BCUT2D eigenvalue weighted by Gasteiger charge is -1.95. The minimum Gasteiger partial charge on any atom is -0.738 e. The monoisotopic (exact) mass is 122 g/mol. The number of hydrogen-bond donors (Lipinski definition) is 0. The number of rotatable bonds is 2. The van der Waals surface area contributed by atoms with Gasteiger partial charge in [-0.3, -0.25) is 0 Å². The quantitative estimate of drug-likeness (QED) is 0.289. The van der Waals surface area contributed by atoms with E-state index in [-0.39, 0.29) is 0 Å². The first-order chi connectivity index (χ1) is 3.27. The molecule has 0 aromatic rings. The molecule has 0 bridgehead atoms. The van der Waals surface area contributed by atoms with Crippen LogP contribution in [0.3, 0.4) is 0 Å². The Hall–Kier alpha value is -0.420. The Kier molecular flexibility index (Phi) is 3.53. The molecular weight excluding hydrogens is 118 g/mol. The van der Waals surface area contributed by atoms with Crippen molar-refractivity contribution < 1.29 is 13.0 Å². The molecule has 0 spiro atoms. The van der Waals surface area contributed by atoms with Crippen LogP contribution in [-0.4, -0.2) is 15.0 Å². The third kappa shape index (κ3) is 5.58. The molecule has 4 nitrogen and oxygen atoms in total. The normalized spacial score (nSPS) is 14.6. The molecule has 42 valence electrons. The maximum Gasteiger partial charge on any atom is 0.169 e. The molecule has 0 aliphatic heterocycles. The number of oxime groups is 1. The second-order valence-corrected chi connectivity index (χ2v) is 1.20. The Morgan fingerprint density at radius 3 is 2.71 bits per heavy atom. The zero-order valence-corrected chi connectivity index (χ0v) is 4.47. The SMILES string of the molecule is CC=NOS(=O)[O-]. The average molecular weight is 122 g/mol. The van der Waals surface area contributed by atoms with Crippen LogP contribution in [0.5, 0.6) is 0 Å². The molecule has 5 heteroatoms. The zero-order chi connectivity index (χ0) is 5.70. The zero-order valence-electron chi connectivity index (χ0n) is 3.66. The Labute approximate surface area is 43.7 Å². The van der Waals surface area contributed by atoms with E-state index >= 15 is 0 Å². The van der Waals surface area contributed by atoms with Gasteiger partial charge in [-0.15, -0.1) is 0 Å². The van der Waals surface area contributed by atoms with Crippen LogP contribution in [0, 0.1) is 0 Å². The summed E-state index contributed by atoms with van der Waals surface area (Å²) in [5.41, 5.74) is 0. The van der Waals surface area contributed by atoms with Crippen molar-refractivity contribution in [2.24, 2.45) is 5.16 Å². The lowest BCUT2D eigenvalue weighted by molar-refractivity contribution is 0.319. The van der Waals surface area contributed by atoms with Crippen LogP contribution in [-0.2, 0) is 15.6 Å². The molecule has 0 heterocycles. The molecule has 1 unspecified atom stereocenters. The van der Waals surface area contributed by atoms with Crippen LogP contribution >= 0.6 is 0 Å². The number of hydrogen-bond acceptors (Lipinski definition) is 4. The third-order valence-electron chi connectivity index (χ3n) is 0.209. The maximum absolute atomic E-state index is 9.42. The van der Waals surface area contributed by atoms with E-state index in [0.29, 0.717) is 0 Å². The van der Waals surface area contributed by atoms with Gasteiger partial charge in [0.05, 0.1) is 0 Å². The molecule has 0 radical (unpaired) electrons. The van der Waals surface area contributed by atoms with E-state index in [2.05, 4.69) is 9.44 Å². The van der Waals surface area contributed by atoms with Gasteiger partial charge < -0.3 is 8.84 Å². The molecule has 0 aromatic heterocycles. The van der Waals surface area contributed by atoms with E-state index in [0.717, 1.165) is 0 Å². The van der Waals surface area contributed by atoms with Gasteiger partial charge in [-0.25, -0.2) is 4.21 Å². The third-order valence-corrected chi connectivity index (χ3v) is 0.417. The highest BCUT2D eigenvalue weighted by atomic mass is 32.2. The van der Waals surface area contributed by atoms with Crippen molar-refractivity contribution in [3.63, 3.8) is 0 Å². The minimum atomic E-state index is -2.51. The van der Waals surface area contributed by atoms with Crippen molar-refractivity contribution in [2.75, 3.05) is 0 Å². The fourth-order valence-corrected chi connectivity index (χ4v) is 0.235. The highest BCUT2D eigenvalue weighted by molar-refractivity contribution is 7.74.